The normalized spacial score (nSPS) is 15.0. The van der Waals surface area contributed by atoms with Crippen molar-refractivity contribution in [2.24, 2.45) is 4.40 Å². The van der Waals surface area contributed by atoms with Gasteiger partial charge in [0.05, 0.1) is 25.7 Å². The summed E-state index contributed by atoms with van der Waals surface area (Å²) in [5, 5.41) is 0. The van der Waals surface area contributed by atoms with Crippen molar-refractivity contribution in [1.29, 1.82) is 0 Å². The highest BCUT2D eigenvalue weighted by atomic mass is 32.2. The third-order valence-corrected chi connectivity index (χ3v) is 8.81. The Labute approximate surface area is 200 Å². The van der Waals surface area contributed by atoms with E-state index in [0.717, 1.165) is 15.8 Å². The molecule has 164 valence electrons. The first-order chi connectivity index (χ1) is 15.8. The van der Waals surface area contributed by atoms with Crippen LogP contribution >= 0.6 is 23.1 Å². The number of Topliss-reactive ketones (excluding diaryl/α,β-unsaturated/α-hetero) is 1. The van der Waals surface area contributed by atoms with E-state index < -0.39 is 10.0 Å². The second-order valence-electron chi connectivity index (χ2n) is 7.65. The number of hydrogen-bond acceptors (Lipinski definition) is 6. The summed E-state index contributed by atoms with van der Waals surface area (Å²) in [7, 11) is -3.97. The molecule has 0 atom stereocenters. The monoisotopic (exact) mass is 490 g/mol. The fourth-order valence-electron chi connectivity index (χ4n) is 3.71. The molecule has 0 radical (unpaired) electrons. The van der Waals surface area contributed by atoms with Gasteiger partial charge in [-0.15, -0.1) is 11.3 Å². The van der Waals surface area contributed by atoms with Crippen LogP contribution in [-0.4, -0.2) is 24.9 Å². The first-order valence-corrected chi connectivity index (χ1v) is 13.2. The minimum absolute atomic E-state index is 0.156. The van der Waals surface area contributed by atoms with Gasteiger partial charge in [0.1, 0.15) is 0 Å². The molecule has 0 saturated carbocycles. The van der Waals surface area contributed by atoms with Gasteiger partial charge in [0.25, 0.3) is 10.0 Å². The molecule has 1 heterocycles. The number of thioether (sulfide) groups is 1. The maximum atomic E-state index is 13.2. The third kappa shape index (κ3) is 4.17. The molecule has 0 amide bonds. The smallest absolute Gasteiger partial charge is 0.283 e. The van der Waals surface area contributed by atoms with Crippen LogP contribution in [-0.2, 0) is 10.0 Å². The highest BCUT2D eigenvalue weighted by molar-refractivity contribution is 8.05. The van der Waals surface area contributed by atoms with Gasteiger partial charge in [0.2, 0.25) is 5.78 Å². The highest BCUT2D eigenvalue weighted by Crippen LogP contribution is 2.38. The summed E-state index contributed by atoms with van der Waals surface area (Å²) >= 11 is 2.73. The molecule has 0 N–H and O–H groups in total. The lowest BCUT2D eigenvalue weighted by molar-refractivity contribution is 0.104. The lowest BCUT2D eigenvalue weighted by Gasteiger charge is -2.16. The molecule has 1 aromatic heterocycles. The number of thiazole rings is 1. The van der Waals surface area contributed by atoms with Gasteiger partial charge < -0.3 is 0 Å². The molecule has 8 heteroatoms. The van der Waals surface area contributed by atoms with E-state index in [1.165, 1.54) is 23.1 Å². The van der Waals surface area contributed by atoms with Crippen molar-refractivity contribution in [1.82, 2.24) is 4.98 Å². The van der Waals surface area contributed by atoms with Crippen molar-refractivity contribution in [2.45, 2.75) is 23.1 Å². The number of carbonyl (C=O) groups excluding carboxylic acids is 1. The van der Waals surface area contributed by atoms with E-state index in [-0.39, 0.29) is 16.4 Å². The molecule has 4 aromatic rings. The average molecular weight is 491 g/mol. The number of para-hydroxylation sites is 1. The van der Waals surface area contributed by atoms with Crippen molar-refractivity contribution < 1.29 is 13.2 Å². The predicted molar refractivity (Wildman–Crippen MR) is 134 cm³/mol. The number of aromatic nitrogens is 1. The first kappa shape index (κ1) is 21.8. The number of fused-ring (bicyclic) bond motifs is 2. The van der Waals surface area contributed by atoms with Crippen LogP contribution in [0.15, 0.2) is 91.3 Å². The third-order valence-electron chi connectivity index (χ3n) is 5.24. The summed E-state index contributed by atoms with van der Waals surface area (Å²) in [6.45, 7) is 3.66. The quantitative estimate of drug-likeness (QED) is 0.353. The fourth-order valence-corrected chi connectivity index (χ4v) is 7.03. The second kappa shape index (κ2) is 8.37. The van der Waals surface area contributed by atoms with E-state index >= 15 is 0 Å². The van der Waals surface area contributed by atoms with E-state index in [9.17, 15) is 13.2 Å². The number of ketones is 1. The van der Waals surface area contributed by atoms with E-state index in [1.54, 1.807) is 49.4 Å². The van der Waals surface area contributed by atoms with Crippen LogP contribution in [0, 0.1) is 13.8 Å². The maximum Gasteiger partial charge on any atom is 0.283 e. The van der Waals surface area contributed by atoms with Crippen molar-refractivity contribution in [2.75, 3.05) is 0 Å². The molecule has 5 rings (SSSR count). The number of rotatable bonds is 4. The number of carbonyl (C=O) groups is 1. The van der Waals surface area contributed by atoms with Crippen LogP contribution in [0.25, 0.3) is 10.2 Å². The van der Waals surface area contributed by atoms with Gasteiger partial charge in [-0.25, -0.2) is 4.98 Å². The van der Waals surface area contributed by atoms with Crippen LogP contribution in [0.2, 0.25) is 0 Å². The Hall–Kier alpha value is -3.07. The minimum Gasteiger partial charge on any atom is -0.288 e. The van der Waals surface area contributed by atoms with Crippen LogP contribution < -0.4 is 0 Å². The average Bonchev–Trinajstić information content (AvgIpc) is 3.19. The second-order valence-corrected chi connectivity index (χ2v) is 11.5. The minimum atomic E-state index is -3.97. The number of benzene rings is 3. The standard InChI is InChI=1S/C25H18N2O3S3/c1-15-11-12-23(16(2)13-15)33(29,30)27-20-14-22(24(28)18-8-4-3-7-17(18)20)32-25-26-19-9-5-6-10-21(19)31-25/h3-14H,1-2H3/b27-20+. The Morgan fingerprint density at radius 2 is 1.67 bits per heavy atom. The van der Waals surface area contributed by atoms with Crippen molar-refractivity contribution in [3.63, 3.8) is 0 Å². The zero-order valence-corrected chi connectivity index (χ0v) is 20.2. The Morgan fingerprint density at radius 3 is 2.42 bits per heavy atom. The van der Waals surface area contributed by atoms with Crippen molar-refractivity contribution in [3.05, 3.63) is 100.0 Å². The van der Waals surface area contributed by atoms with Crippen LogP contribution in [0.1, 0.15) is 27.0 Å². The number of allylic oxidation sites excluding steroid dienone is 2. The molecular weight excluding hydrogens is 472 g/mol. The summed E-state index contributed by atoms with van der Waals surface area (Å²) in [6.07, 6.45) is 1.56. The molecule has 1 aliphatic carbocycles. The summed E-state index contributed by atoms with van der Waals surface area (Å²) < 4.78 is 32.3. The summed E-state index contributed by atoms with van der Waals surface area (Å²) in [6, 6.07) is 19.9. The molecule has 1 aliphatic rings. The fraction of sp³-hybridized carbons (Fsp3) is 0.0800. The zero-order chi connectivity index (χ0) is 23.2. The number of sulfonamides is 1. The topological polar surface area (TPSA) is 76.5 Å². The van der Waals surface area contributed by atoms with Gasteiger partial charge in [-0.05, 0) is 43.7 Å². The first-order valence-electron chi connectivity index (χ1n) is 10.1. The molecular formula is C25H18N2O3S3. The molecule has 3 aromatic carbocycles. The highest BCUT2D eigenvalue weighted by Gasteiger charge is 2.27. The van der Waals surface area contributed by atoms with Crippen molar-refractivity contribution in [3.8, 4) is 0 Å². The van der Waals surface area contributed by atoms with E-state index in [4.69, 9.17) is 0 Å². The molecule has 0 fully saturated rings. The summed E-state index contributed by atoms with van der Waals surface area (Å²) in [4.78, 5) is 18.3. The van der Waals surface area contributed by atoms with Crippen LogP contribution in [0.3, 0.4) is 0 Å². The van der Waals surface area contributed by atoms with Crippen LogP contribution in [0.5, 0.6) is 0 Å². The molecule has 0 saturated heterocycles. The Bertz CT molecular complexity index is 1570. The number of nitrogens with zero attached hydrogens (tertiary/aromatic N) is 2. The Morgan fingerprint density at radius 1 is 0.939 bits per heavy atom. The molecule has 0 unspecified atom stereocenters. The molecule has 0 bridgehead atoms. The van der Waals surface area contributed by atoms with Gasteiger partial charge in [-0.2, -0.15) is 12.8 Å². The van der Waals surface area contributed by atoms with Crippen LogP contribution in [0.4, 0.5) is 0 Å². The van der Waals surface area contributed by atoms with Gasteiger partial charge in [-0.1, -0.05) is 65.9 Å². The van der Waals surface area contributed by atoms with Gasteiger partial charge in [0.15, 0.2) is 4.34 Å². The van der Waals surface area contributed by atoms with E-state index in [2.05, 4.69) is 9.38 Å². The molecule has 0 aliphatic heterocycles. The number of hydrogen-bond donors (Lipinski definition) is 0. The van der Waals surface area contributed by atoms with E-state index in [0.29, 0.717) is 25.9 Å². The Kier molecular flexibility index (Phi) is 5.52. The van der Waals surface area contributed by atoms with E-state index in [1.807, 2.05) is 37.3 Å². The summed E-state index contributed by atoms with van der Waals surface area (Å²) in [5.74, 6) is -0.169. The lowest BCUT2D eigenvalue weighted by atomic mass is 9.94. The molecule has 33 heavy (non-hydrogen) atoms. The largest absolute Gasteiger partial charge is 0.288 e. The molecule has 0 spiro atoms. The van der Waals surface area contributed by atoms with Gasteiger partial charge in [-0.3, -0.25) is 4.79 Å². The lowest BCUT2D eigenvalue weighted by Crippen LogP contribution is -2.17. The van der Waals surface area contributed by atoms with Gasteiger partial charge >= 0.3 is 0 Å². The molecule has 5 nitrogen and oxygen atoms in total. The SMILES string of the molecule is Cc1ccc(S(=O)(=O)/N=C2\C=C(Sc3nc4ccccc4s3)C(=O)c3ccccc32)c(C)c1. The number of aryl methyl sites for hydroxylation is 2. The maximum absolute atomic E-state index is 13.2. The van der Waals surface area contributed by atoms with Crippen molar-refractivity contribution >= 4 is 54.8 Å². The zero-order valence-electron chi connectivity index (χ0n) is 17.8. The summed E-state index contributed by atoms with van der Waals surface area (Å²) in [5.41, 5.74) is 3.65. The predicted octanol–water partition coefficient (Wildman–Crippen LogP) is 5.96. The van der Waals surface area contributed by atoms with Gasteiger partial charge in [0, 0.05) is 11.1 Å². The Balaban J connectivity index is 1.61.